The van der Waals surface area contributed by atoms with Gasteiger partial charge in [0.1, 0.15) is 79.1 Å². The van der Waals surface area contributed by atoms with E-state index in [-0.39, 0.29) is 166 Å². The van der Waals surface area contributed by atoms with Crippen molar-refractivity contribution in [3.05, 3.63) is 0 Å². The first-order valence-electron chi connectivity index (χ1n) is 48.6. The predicted octanol–water partition coefficient (Wildman–Crippen LogP) is -13.8. The maximum atomic E-state index is 13.9. The molecular formula is C88H152N28O31S2. The first-order chi connectivity index (χ1) is 70.5. The van der Waals surface area contributed by atoms with Crippen molar-refractivity contribution >= 4 is 178 Å². The van der Waals surface area contributed by atoms with Gasteiger partial charge in [-0.3, -0.25) is 125 Å². The number of hydrogen-bond acceptors (Lipinski definition) is 35. The Balaban J connectivity index is 2.87. The Kier molecular flexibility index (Phi) is 67.6. The lowest BCUT2D eigenvalue weighted by Gasteiger charge is -2.27. The third-order valence-electron chi connectivity index (χ3n) is 21.8. The summed E-state index contributed by atoms with van der Waals surface area (Å²) in [5.41, 5.74) is 33.1. The van der Waals surface area contributed by atoms with Crippen molar-refractivity contribution in [2.75, 3.05) is 142 Å². The lowest BCUT2D eigenvalue weighted by molar-refractivity contribution is -0.142. The van der Waals surface area contributed by atoms with E-state index < -0.39 is 329 Å². The van der Waals surface area contributed by atoms with Crippen LogP contribution in [0.25, 0.3) is 0 Å². The molecule has 1 heterocycles. The van der Waals surface area contributed by atoms with Crippen LogP contribution in [-0.4, -0.2) is 394 Å². The number of carbonyl (C=O) groups excluding carboxylic acids is 23. The van der Waals surface area contributed by atoms with Gasteiger partial charge in [-0.25, -0.2) is 0 Å². The largest absolute Gasteiger partial charge is 0.481 e. The molecule has 0 aromatic rings. The highest BCUT2D eigenvalue weighted by molar-refractivity contribution is 7.98. The summed E-state index contributed by atoms with van der Waals surface area (Å²) in [4.78, 5) is 340. The number of carboxylic acids is 3. The topological polar surface area (TPSA) is 935 Å². The molecule has 23 amide bonds. The van der Waals surface area contributed by atoms with E-state index in [1.54, 1.807) is 40.9 Å². The summed E-state index contributed by atoms with van der Waals surface area (Å²) < 4.78 is 11.0. The van der Waals surface area contributed by atoms with Crippen molar-refractivity contribution < 1.29 is 149 Å². The highest BCUT2D eigenvalue weighted by Crippen LogP contribution is 2.20. The summed E-state index contributed by atoms with van der Waals surface area (Å²) in [6.07, 6.45) is -0.290. The standard InChI is InChI=1S/C88H152N28O31S2/c1-7-147-88(4,5)27-26-62(117)105-55(20-23-73(128)129)80(138)102-42-68(123)110-57(22-25-75(132)133)82(140)103-43-69(124)109-56(21-24-74(130)131)81(139)97-37-63(118)95-33-35-146-46-72(127)116-34-13-19-61(116)87(145)115-58(36-49(2)3)83(141)104-45-71(126)112-60(48-149-6)84(142)98-38-64(119)96-39-65(120)106-50(14-8-28-89)77(135)99-40-66(121)107-51(15-9-29-90)78(136)100-41-67(122)108-53(17-11-31-92)85(143)114-54(18-12-32-93)86(144)113-52(16-10-30-91)79(137)101-44-70(125)111-59(47-148)76(94)134/h49-61,148H,7-48,89-93H2,1-6H3,(H2,94,134)(H,95,118)(H,96,119)(H,97,139)(H,98,142)(H,99,135)(H,100,136)(H,101,137)(H,102,138)(H,103,140)(H,104,141)(H,105,117)(H,106,120)(H,107,121)(H,108,122)(H,109,124)(H,110,123)(H,111,125)(H,112,126)(H,113,144)(H,114,143)(H,115,145)(H,128,129)(H,130,131)(H,132,133). The van der Waals surface area contributed by atoms with Gasteiger partial charge in [0.25, 0.3) is 0 Å². The number of aliphatic carboxylic acids is 3. The van der Waals surface area contributed by atoms with E-state index in [1.165, 1.54) is 4.90 Å². The minimum absolute atomic E-state index is 0.00265. The van der Waals surface area contributed by atoms with E-state index in [0.717, 1.165) is 11.8 Å². The van der Waals surface area contributed by atoms with Crippen LogP contribution in [0.2, 0.25) is 0 Å². The summed E-state index contributed by atoms with van der Waals surface area (Å²) in [7, 11) is 0. The van der Waals surface area contributed by atoms with Crippen molar-refractivity contribution in [2.45, 2.75) is 248 Å². The third-order valence-corrected chi connectivity index (χ3v) is 22.8. The molecule has 0 aliphatic carbocycles. The van der Waals surface area contributed by atoms with Gasteiger partial charge in [-0.15, -0.1) is 0 Å². The fraction of sp³-hybridized carbons (Fsp3) is 0.705. The van der Waals surface area contributed by atoms with Gasteiger partial charge in [0.05, 0.1) is 71.1 Å². The van der Waals surface area contributed by atoms with Crippen LogP contribution in [-0.2, 0) is 134 Å². The Hall–Kier alpha value is -13.4. The SMILES string of the molecule is CCOC(C)(C)CCC(=O)NC(CCC(=O)O)C(=O)NCC(=O)NC(CCC(=O)O)C(=O)NCC(=O)NC(CCC(=O)O)C(=O)NCC(=O)NCCOCC(=O)N1CCCC1C(=O)NC(CC(C)C)C(=O)NCC(=O)NC(CSC)C(=O)NCC(=O)NCC(=O)NC(CCCN)C(=O)NCC(=O)NC(CCCN)C(=O)NCC(=O)NC(CCCN)C(=O)NC(CCCN)C(=O)NC(CCCN)C(=O)NCC(=O)NC(CS)C(N)=O. The number of ether oxygens (including phenoxy) is 2. The number of primary amides is 1. The molecule has 842 valence electrons. The molecule has 0 spiro atoms. The summed E-state index contributed by atoms with van der Waals surface area (Å²) in [5, 5.41) is 78.0. The predicted molar refractivity (Wildman–Crippen MR) is 535 cm³/mol. The minimum atomic E-state index is -1.65. The second-order valence-electron chi connectivity index (χ2n) is 35.1. The molecule has 1 aliphatic heterocycles. The van der Waals surface area contributed by atoms with Gasteiger partial charge >= 0.3 is 17.9 Å². The van der Waals surface area contributed by atoms with E-state index in [0.29, 0.717) is 13.0 Å². The lowest BCUT2D eigenvalue weighted by Crippen LogP contribution is -2.58. The van der Waals surface area contributed by atoms with E-state index in [1.807, 2.05) is 0 Å². The van der Waals surface area contributed by atoms with Crippen molar-refractivity contribution in [3.63, 3.8) is 0 Å². The molecule has 59 nitrogen and oxygen atoms in total. The number of hydrogen-bond donors (Lipinski definition) is 31. The molecule has 12 unspecified atom stereocenters. The van der Waals surface area contributed by atoms with Crippen LogP contribution in [0.1, 0.15) is 169 Å². The molecule has 0 radical (unpaired) electrons. The number of carbonyl (C=O) groups is 26. The summed E-state index contributed by atoms with van der Waals surface area (Å²) in [6.45, 7) is 1.64. The Morgan fingerprint density at radius 3 is 1.00 bits per heavy atom. The average molecular weight is 2160 g/mol. The van der Waals surface area contributed by atoms with Crippen LogP contribution >= 0.6 is 24.4 Å². The van der Waals surface area contributed by atoms with Crippen molar-refractivity contribution in [1.82, 2.24) is 117 Å². The number of thiol groups is 1. The number of nitrogens with zero attached hydrogens (tertiary/aromatic N) is 1. The zero-order chi connectivity index (χ0) is 112. The highest BCUT2D eigenvalue weighted by Gasteiger charge is 2.39. The fourth-order valence-electron chi connectivity index (χ4n) is 14.0. The van der Waals surface area contributed by atoms with Gasteiger partial charge in [-0.1, -0.05) is 13.8 Å². The third kappa shape index (κ3) is 59.4. The molecule has 0 bridgehead atoms. The van der Waals surface area contributed by atoms with Crippen molar-refractivity contribution in [3.8, 4) is 0 Å². The number of thioether (sulfide) groups is 1. The van der Waals surface area contributed by atoms with E-state index in [4.69, 9.17) is 43.9 Å². The first kappa shape index (κ1) is 134. The fourth-order valence-corrected chi connectivity index (χ4v) is 14.8. The Labute approximate surface area is 870 Å². The number of rotatable bonds is 80. The van der Waals surface area contributed by atoms with Crippen LogP contribution in [0.4, 0.5) is 0 Å². The smallest absolute Gasteiger partial charge is 0.303 e. The Morgan fingerprint density at radius 1 is 0.376 bits per heavy atom. The van der Waals surface area contributed by atoms with Gasteiger partial charge in [0.2, 0.25) is 136 Å². The molecule has 36 N–H and O–H groups in total. The average Bonchev–Trinajstić information content (AvgIpc) is 1.70. The molecule has 1 aliphatic rings. The highest BCUT2D eigenvalue weighted by atomic mass is 32.2. The van der Waals surface area contributed by atoms with Gasteiger partial charge < -0.3 is 176 Å². The number of nitrogens with two attached hydrogens (primary N) is 6. The number of carboxylic acid groups (broad SMARTS) is 3. The molecule has 0 aromatic heterocycles. The molecule has 61 heteroatoms. The number of amides is 23. The molecule has 1 saturated heterocycles. The second-order valence-corrected chi connectivity index (χ2v) is 36.4. The molecule has 1 rings (SSSR count). The molecule has 0 aromatic carbocycles. The molecular weight excluding hydrogens is 2010 g/mol. The molecule has 0 saturated carbocycles. The first-order valence-corrected chi connectivity index (χ1v) is 50.6. The van der Waals surface area contributed by atoms with Gasteiger partial charge in [-0.05, 0) is 175 Å². The monoisotopic (exact) mass is 2160 g/mol. The van der Waals surface area contributed by atoms with E-state index >= 15 is 0 Å². The maximum Gasteiger partial charge on any atom is 0.303 e. The number of likely N-dealkylation sites (tertiary alicyclic amines) is 1. The van der Waals surface area contributed by atoms with Crippen LogP contribution < -0.4 is 146 Å². The maximum absolute atomic E-state index is 13.9. The van der Waals surface area contributed by atoms with Crippen LogP contribution in [0.3, 0.4) is 0 Å². The molecule has 149 heavy (non-hydrogen) atoms. The van der Waals surface area contributed by atoms with Gasteiger partial charge in [0, 0.05) is 56.9 Å². The minimum Gasteiger partial charge on any atom is -0.481 e. The summed E-state index contributed by atoms with van der Waals surface area (Å²) in [5.74, 6) is -24.6. The molecule has 12 atom stereocenters. The Bertz CT molecular complexity index is 4470. The summed E-state index contributed by atoms with van der Waals surface area (Å²) >= 11 is 5.09. The normalized spacial score (nSPS) is 14.2. The second kappa shape index (κ2) is 75.4. The quantitative estimate of drug-likeness (QED) is 0.0199. The van der Waals surface area contributed by atoms with Crippen LogP contribution in [0, 0.1) is 5.92 Å². The van der Waals surface area contributed by atoms with Crippen molar-refractivity contribution in [2.24, 2.45) is 40.3 Å². The van der Waals surface area contributed by atoms with E-state index in [9.17, 15) is 140 Å². The van der Waals surface area contributed by atoms with E-state index in [2.05, 4.69) is 124 Å². The Morgan fingerprint density at radius 2 is 0.671 bits per heavy atom. The molecule has 1 fully saturated rings. The van der Waals surface area contributed by atoms with Gasteiger partial charge in [-0.2, -0.15) is 24.4 Å². The van der Waals surface area contributed by atoms with Crippen LogP contribution in [0.15, 0.2) is 0 Å². The van der Waals surface area contributed by atoms with Crippen molar-refractivity contribution in [1.29, 1.82) is 0 Å². The zero-order valence-corrected chi connectivity index (χ0v) is 86.5. The van der Waals surface area contributed by atoms with Gasteiger partial charge in [0.15, 0.2) is 0 Å². The lowest BCUT2D eigenvalue weighted by atomic mass is 10.0. The van der Waals surface area contributed by atoms with Crippen LogP contribution in [0.5, 0.6) is 0 Å². The zero-order valence-electron chi connectivity index (χ0n) is 84.7. The number of nitrogens with one attached hydrogen (secondary N) is 21. The summed E-state index contributed by atoms with van der Waals surface area (Å²) in [6, 6.07) is -16.0.